The lowest BCUT2D eigenvalue weighted by atomic mass is 9.48. The highest BCUT2D eigenvalue weighted by molar-refractivity contribution is 7.18. The number of thiazole rings is 1. The number of ketones is 1. The minimum Gasteiger partial charge on any atom is -0.486 e. The quantitative estimate of drug-likeness (QED) is 0.804. The highest BCUT2D eigenvalue weighted by Gasteiger charge is 2.54. The van der Waals surface area contributed by atoms with Crippen molar-refractivity contribution in [1.29, 1.82) is 0 Å². The largest absolute Gasteiger partial charge is 0.486 e. The molecule has 4 aliphatic rings. The number of aromatic nitrogens is 1. The molecule has 0 aliphatic heterocycles. The molecule has 0 spiro atoms. The van der Waals surface area contributed by atoms with E-state index in [1.165, 1.54) is 24.0 Å². The van der Waals surface area contributed by atoms with Gasteiger partial charge in [-0.1, -0.05) is 0 Å². The number of hydrogen-bond acceptors (Lipinski definition) is 4. The summed E-state index contributed by atoms with van der Waals surface area (Å²) in [6.07, 6.45) is 7.45. The van der Waals surface area contributed by atoms with E-state index in [1.807, 2.05) is 25.1 Å². The summed E-state index contributed by atoms with van der Waals surface area (Å²) >= 11 is 1.69. The number of ether oxygens (including phenoxy) is 1. The molecule has 0 unspecified atom stereocenters. The fourth-order valence-corrected chi connectivity index (χ4v) is 6.67. The van der Waals surface area contributed by atoms with Crippen LogP contribution in [0.1, 0.15) is 43.5 Å². The van der Waals surface area contributed by atoms with E-state index in [0.717, 1.165) is 53.3 Å². The number of hydrogen-bond donors (Lipinski definition) is 0. The molecule has 126 valence electrons. The topological polar surface area (TPSA) is 39.2 Å². The Morgan fingerprint density at radius 1 is 1.21 bits per heavy atom. The average Bonchev–Trinajstić information content (AvgIpc) is 2.90. The Balaban J connectivity index is 1.31. The van der Waals surface area contributed by atoms with Crippen LogP contribution in [0.4, 0.5) is 0 Å². The molecule has 4 aliphatic carbocycles. The summed E-state index contributed by atoms with van der Waals surface area (Å²) in [4.78, 5) is 17.5. The van der Waals surface area contributed by atoms with Crippen molar-refractivity contribution in [2.45, 2.75) is 45.4 Å². The molecule has 1 aromatic carbocycles. The van der Waals surface area contributed by atoms with Crippen LogP contribution in [-0.4, -0.2) is 17.4 Å². The van der Waals surface area contributed by atoms with Gasteiger partial charge < -0.3 is 4.74 Å². The molecule has 4 saturated carbocycles. The number of rotatable bonds is 4. The number of carbonyl (C=O) groups excluding carboxylic acids is 1. The van der Waals surface area contributed by atoms with E-state index in [0.29, 0.717) is 5.78 Å². The van der Waals surface area contributed by atoms with E-state index in [1.54, 1.807) is 11.3 Å². The van der Waals surface area contributed by atoms with E-state index < -0.39 is 0 Å². The number of carbonyl (C=O) groups is 1. The maximum absolute atomic E-state index is 13.0. The van der Waals surface area contributed by atoms with Gasteiger partial charge in [0, 0.05) is 11.5 Å². The lowest BCUT2D eigenvalue weighted by molar-refractivity contribution is -0.145. The van der Waals surface area contributed by atoms with Crippen LogP contribution in [0, 0.1) is 30.1 Å². The maximum Gasteiger partial charge on any atom is 0.176 e. The number of aryl methyl sites for hydroxylation is 1. The Bertz CT molecular complexity index is 774. The Morgan fingerprint density at radius 3 is 2.54 bits per heavy atom. The smallest absolute Gasteiger partial charge is 0.176 e. The number of Topliss-reactive ketones (excluding diaryl/α,β-unsaturated/α-hetero) is 1. The minimum absolute atomic E-state index is 0.0595. The molecule has 4 fully saturated rings. The standard InChI is InChI=1S/C20H23NO2S/c1-12-21-17-7-16(2-3-18(17)24-12)23-11-19(22)20-8-13-4-14(9-20)6-15(5-13)10-20/h2-3,7,13-15H,4-6,8-11H2,1H3. The van der Waals surface area contributed by atoms with Gasteiger partial charge in [0.1, 0.15) is 12.4 Å². The molecule has 3 nitrogen and oxygen atoms in total. The average molecular weight is 341 g/mol. The van der Waals surface area contributed by atoms with Crippen molar-refractivity contribution >= 4 is 27.3 Å². The molecule has 0 radical (unpaired) electrons. The molecule has 1 heterocycles. The van der Waals surface area contributed by atoms with Crippen molar-refractivity contribution in [3.63, 3.8) is 0 Å². The van der Waals surface area contributed by atoms with Gasteiger partial charge in [0.15, 0.2) is 5.78 Å². The molecule has 2 aromatic rings. The highest BCUT2D eigenvalue weighted by Crippen LogP contribution is 2.60. The number of fused-ring (bicyclic) bond motifs is 1. The first-order chi connectivity index (χ1) is 11.6. The first-order valence-corrected chi connectivity index (χ1v) is 9.95. The molecular formula is C20H23NO2S. The molecule has 0 N–H and O–H groups in total. The summed E-state index contributed by atoms with van der Waals surface area (Å²) in [5.41, 5.74) is 0.910. The predicted molar refractivity (Wildman–Crippen MR) is 95.5 cm³/mol. The second-order valence-electron chi connectivity index (χ2n) is 8.27. The van der Waals surface area contributed by atoms with Crippen LogP contribution in [0.5, 0.6) is 5.75 Å². The van der Waals surface area contributed by atoms with Gasteiger partial charge in [-0.15, -0.1) is 11.3 Å². The van der Waals surface area contributed by atoms with Crippen molar-refractivity contribution in [2.75, 3.05) is 6.61 Å². The zero-order valence-electron chi connectivity index (χ0n) is 14.1. The molecule has 24 heavy (non-hydrogen) atoms. The lowest BCUT2D eigenvalue weighted by Gasteiger charge is -2.55. The lowest BCUT2D eigenvalue weighted by Crippen LogP contribution is -2.51. The first kappa shape index (κ1) is 14.9. The highest BCUT2D eigenvalue weighted by atomic mass is 32.1. The van der Waals surface area contributed by atoms with Gasteiger partial charge in [0.05, 0.1) is 15.2 Å². The predicted octanol–water partition coefficient (Wildman–Crippen LogP) is 4.77. The van der Waals surface area contributed by atoms with E-state index in [-0.39, 0.29) is 12.0 Å². The first-order valence-electron chi connectivity index (χ1n) is 9.13. The molecule has 1 aromatic heterocycles. The van der Waals surface area contributed by atoms with Crippen molar-refractivity contribution in [1.82, 2.24) is 4.98 Å². The van der Waals surface area contributed by atoms with Crippen LogP contribution >= 0.6 is 11.3 Å². The van der Waals surface area contributed by atoms with Gasteiger partial charge in [-0.25, -0.2) is 4.98 Å². The third kappa shape index (κ3) is 2.38. The van der Waals surface area contributed by atoms with Gasteiger partial charge in [0.25, 0.3) is 0 Å². The Labute approximate surface area is 146 Å². The fraction of sp³-hybridized carbons (Fsp3) is 0.600. The van der Waals surface area contributed by atoms with Crippen molar-refractivity contribution in [2.24, 2.45) is 23.2 Å². The zero-order chi connectivity index (χ0) is 16.3. The van der Waals surface area contributed by atoms with Crippen molar-refractivity contribution in [3.8, 4) is 5.75 Å². The molecule has 0 atom stereocenters. The SMILES string of the molecule is Cc1nc2cc(OCC(=O)C34CC5CC(CC(C5)C3)C4)ccc2s1. The summed E-state index contributed by atoms with van der Waals surface area (Å²) in [5.74, 6) is 3.51. The fourth-order valence-electron chi connectivity index (χ4n) is 5.87. The van der Waals surface area contributed by atoms with Crippen molar-refractivity contribution < 1.29 is 9.53 Å². The monoisotopic (exact) mass is 341 g/mol. The summed E-state index contributed by atoms with van der Waals surface area (Å²) in [6.45, 7) is 2.24. The normalized spacial score (nSPS) is 34.0. The Kier molecular flexibility index (Phi) is 3.28. The van der Waals surface area contributed by atoms with Gasteiger partial charge in [0.2, 0.25) is 0 Å². The summed E-state index contributed by atoms with van der Waals surface area (Å²) in [6, 6.07) is 5.98. The maximum atomic E-state index is 13.0. The minimum atomic E-state index is -0.0595. The van der Waals surface area contributed by atoms with Gasteiger partial charge in [-0.3, -0.25) is 4.79 Å². The third-order valence-electron chi connectivity index (χ3n) is 6.47. The number of benzene rings is 1. The van der Waals surface area contributed by atoms with E-state index in [4.69, 9.17) is 4.74 Å². The van der Waals surface area contributed by atoms with Gasteiger partial charge in [-0.2, -0.15) is 0 Å². The molecule has 4 heteroatoms. The molecule has 0 saturated heterocycles. The van der Waals surface area contributed by atoms with Crippen LogP contribution in [0.15, 0.2) is 18.2 Å². The second kappa shape index (κ2) is 5.29. The van der Waals surface area contributed by atoms with Gasteiger partial charge in [-0.05, 0) is 75.3 Å². The van der Waals surface area contributed by atoms with Crippen LogP contribution in [0.3, 0.4) is 0 Å². The van der Waals surface area contributed by atoms with Crippen LogP contribution in [0.2, 0.25) is 0 Å². The van der Waals surface area contributed by atoms with E-state index in [2.05, 4.69) is 4.98 Å². The van der Waals surface area contributed by atoms with Gasteiger partial charge >= 0.3 is 0 Å². The van der Waals surface area contributed by atoms with Crippen LogP contribution < -0.4 is 4.74 Å². The van der Waals surface area contributed by atoms with Crippen LogP contribution in [0.25, 0.3) is 10.2 Å². The summed E-state index contributed by atoms with van der Waals surface area (Å²) in [5, 5.41) is 1.06. The molecule has 6 rings (SSSR count). The molecule has 4 bridgehead atoms. The zero-order valence-corrected chi connectivity index (χ0v) is 14.9. The third-order valence-corrected chi connectivity index (χ3v) is 7.42. The molecular weight excluding hydrogens is 318 g/mol. The van der Waals surface area contributed by atoms with E-state index in [9.17, 15) is 4.79 Å². The van der Waals surface area contributed by atoms with E-state index >= 15 is 0 Å². The van der Waals surface area contributed by atoms with Crippen molar-refractivity contribution in [3.05, 3.63) is 23.2 Å². The summed E-state index contributed by atoms with van der Waals surface area (Å²) < 4.78 is 7.06. The van der Waals surface area contributed by atoms with Crippen LogP contribution in [-0.2, 0) is 4.79 Å². The Hall–Kier alpha value is -1.42. The second-order valence-corrected chi connectivity index (χ2v) is 9.51. The summed E-state index contributed by atoms with van der Waals surface area (Å²) in [7, 11) is 0. The number of nitrogens with zero attached hydrogens (tertiary/aromatic N) is 1. The molecule has 0 amide bonds. The Morgan fingerprint density at radius 2 is 1.88 bits per heavy atom.